The predicted molar refractivity (Wildman–Crippen MR) is 147 cm³/mol. The maximum atomic E-state index is 6.01. The minimum absolute atomic E-state index is 0.659. The summed E-state index contributed by atoms with van der Waals surface area (Å²) in [6, 6.07) is 12.3. The van der Waals surface area contributed by atoms with Crippen molar-refractivity contribution in [1.82, 2.24) is 35.0 Å². The van der Waals surface area contributed by atoms with Crippen molar-refractivity contribution >= 4 is 33.1 Å². The van der Waals surface area contributed by atoms with Crippen molar-refractivity contribution in [2.24, 2.45) is 0 Å². The molecule has 7 rings (SSSR count). The molecule has 0 aromatic carbocycles. The minimum atomic E-state index is 0.659. The van der Waals surface area contributed by atoms with Crippen molar-refractivity contribution in [2.45, 2.75) is 12.8 Å². The van der Waals surface area contributed by atoms with Gasteiger partial charge in [-0.1, -0.05) is 6.07 Å². The van der Waals surface area contributed by atoms with Crippen LogP contribution >= 0.6 is 11.3 Å². The van der Waals surface area contributed by atoms with Gasteiger partial charge in [-0.25, -0.2) is 0 Å². The van der Waals surface area contributed by atoms with Gasteiger partial charge < -0.3 is 9.72 Å². The molecule has 1 fully saturated rings. The van der Waals surface area contributed by atoms with E-state index in [1.54, 1.807) is 17.5 Å². The van der Waals surface area contributed by atoms with Crippen molar-refractivity contribution < 1.29 is 4.74 Å². The Hall–Kier alpha value is -4.08. The summed E-state index contributed by atoms with van der Waals surface area (Å²) in [4.78, 5) is 20.8. The number of ether oxygens (including phenoxy) is 1. The van der Waals surface area contributed by atoms with Gasteiger partial charge in [0.1, 0.15) is 18.1 Å². The number of likely N-dealkylation sites (tertiary alicyclic amines) is 1. The first kappa shape index (κ1) is 22.1. The number of rotatable bonds is 7. The van der Waals surface area contributed by atoms with Gasteiger partial charge in [-0.05, 0) is 61.6 Å². The fourth-order valence-corrected chi connectivity index (χ4v) is 5.74. The first-order valence-electron chi connectivity index (χ1n) is 12.5. The first-order valence-corrected chi connectivity index (χ1v) is 13.4. The molecular weight excluding hydrogens is 482 g/mol. The summed E-state index contributed by atoms with van der Waals surface area (Å²) in [5.74, 6) is 0.759. The second-order valence-corrected chi connectivity index (χ2v) is 10.2. The van der Waals surface area contributed by atoms with E-state index in [1.165, 1.54) is 25.9 Å². The van der Waals surface area contributed by atoms with Crippen molar-refractivity contribution in [1.29, 1.82) is 0 Å². The predicted octanol–water partition coefficient (Wildman–Crippen LogP) is 5.77. The molecule has 6 aromatic rings. The number of aromatic amines is 2. The van der Waals surface area contributed by atoms with E-state index in [2.05, 4.69) is 58.6 Å². The number of aromatic nitrogens is 6. The molecule has 184 valence electrons. The molecule has 0 spiro atoms. The molecular formula is C28H25N7OS. The van der Waals surface area contributed by atoms with Gasteiger partial charge in [-0.2, -0.15) is 5.10 Å². The zero-order valence-electron chi connectivity index (χ0n) is 20.1. The monoisotopic (exact) mass is 507 g/mol. The Balaban J connectivity index is 1.20. The third-order valence-electron chi connectivity index (χ3n) is 6.89. The van der Waals surface area contributed by atoms with Crippen LogP contribution in [0.5, 0.6) is 5.75 Å². The van der Waals surface area contributed by atoms with Crippen molar-refractivity contribution in [3.05, 3.63) is 66.6 Å². The lowest BCUT2D eigenvalue weighted by Gasteiger charge is -2.15. The van der Waals surface area contributed by atoms with Crippen molar-refractivity contribution in [3.8, 4) is 39.0 Å². The first-order chi connectivity index (χ1) is 18.3. The third kappa shape index (κ3) is 4.26. The largest absolute Gasteiger partial charge is 0.491 e. The summed E-state index contributed by atoms with van der Waals surface area (Å²) in [5.41, 5.74) is 6.39. The van der Waals surface area contributed by atoms with E-state index >= 15 is 0 Å². The van der Waals surface area contributed by atoms with Gasteiger partial charge in [0.15, 0.2) is 0 Å². The number of H-pyrrole nitrogens is 2. The van der Waals surface area contributed by atoms with Crippen LogP contribution in [0.15, 0.2) is 66.6 Å². The van der Waals surface area contributed by atoms with E-state index in [4.69, 9.17) is 4.74 Å². The molecule has 0 unspecified atom stereocenters. The molecule has 0 atom stereocenters. The van der Waals surface area contributed by atoms with E-state index in [1.807, 2.05) is 36.8 Å². The average molecular weight is 508 g/mol. The quantitative estimate of drug-likeness (QED) is 0.285. The summed E-state index contributed by atoms with van der Waals surface area (Å²) < 4.78 is 6.01. The Kier molecular flexibility index (Phi) is 5.64. The molecule has 8 nitrogen and oxygen atoms in total. The van der Waals surface area contributed by atoms with Crippen LogP contribution in [0.2, 0.25) is 0 Å². The molecule has 1 aliphatic heterocycles. The summed E-state index contributed by atoms with van der Waals surface area (Å²) >= 11 is 1.69. The summed E-state index contributed by atoms with van der Waals surface area (Å²) in [6.45, 7) is 3.94. The van der Waals surface area contributed by atoms with Crippen LogP contribution in [0.25, 0.3) is 55.0 Å². The SMILES string of the molecule is c1csc(-c2nccc3[nH]c(-c4n[nH]c5cnc(-c6cncc(OCCN7CCCC7)c6)cc45)cc23)c1. The van der Waals surface area contributed by atoms with Crippen LogP contribution in [0, 0.1) is 0 Å². The Labute approximate surface area is 217 Å². The van der Waals surface area contributed by atoms with Crippen LogP contribution in [0.3, 0.4) is 0 Å². The summed E-state index contributed by atoms with van der Waals surface area (Å²) in [6.07, 6.45) is 9.82. The lowest BCUT2D eigenvalue weighted by Crippen LogP contribution is -2.25. The van der Waals surface area contributed by atoms with Gasteiger partial charge in [-0.3, -0.25) is 25.0 Å². The zero-order valence-corrected chi connectivity index (χ0v) is 21.0. The van der Waals surface area contributed by atoms with Gasteiger partial charge in [0.2, 0.25) is 0 Å². The highest BCUT2D eigenvalue weighted by atomic mass is 32.1. The van der Waals surface area contributed by atoms with E-state index in [-0.39, 0.29) is 0 Å². The second kappa shape index (κ2) is 9.42. The van der Waals surface area contributed by atoms with E-state index in [0.717, 1.165) is 67.3 Å². The molecule has 2 N–H and O–H groups in total. The lowest BCUT2D eigenvalue weighted by atomic mass is 10.1. The van der Waals surface area contributed by atoms with Gasteiger partial charge in [0.25, 0.3) is 0 Å². The molecule has 7 heterocycles. The highest BCUT2D eigenvalue weighted by Gasteiger charge is 2.16. The second-order valence-electron chi connectivity index (χ2n) is 9.27. The zero-order chi connectivity index (χ0) is 24.6. The molecule has 1 aliphatic rings. The number of fused-ring (bicyclic) bond motifs is 2. The van der Waals surface area contributed by atoms with E-state index in [9.17, 15) is 0 Å². The molecule has 0 radical (unpaired) electrons. The van der Waals surface area contributed by atoms with E-state index in [0.29, 0.717) is 6.61 Å². The normalized spacial score (nSPS) is 14.2. The molecule has 0 bridgehead atoms. The Morgan fingerprint density at radius 2 is 1.86 bits per heavy atom. The molecule has 0 aliphatic carbocycles. The fraction of sp³-hybridized carbons (Fsp3) is 0.214. The van der Waals surface area contributed by atoms with Gasteiger partial charge in [0.05, 0.1) is 39.9 Å². The summed E-state index contributed by atoms with van der Waals surface area (Å²) in [7, 11) is 0. The molecule has 9 heteroatoms. The molecule has 0 saturated carbocycles. The number of hydrogen-bond acceptors (Lipinski definition) is 7. The minimum Gasteiger partial charge on any atom is -0.491 e. The molecule has 0 amide bonds. The summed E-state index contributed by atoms with van der Waals surface area (Å²) in [5, 5.41) is 11.9. The standard InChI is InChI=1S/C28H25N7OS/c1-2-8-35(7-1)9-10-36-19-12-18(15-29-16-19)23-13-21-25(17-31-23)33-34-27(21)24-14-20-22(32-24)5-6-30-28(20)26-4-3-11-37-26/h3-6,11-17,32H,1-2,7-10H2,(H,33,34). The van der Waals surface area contributed by atoms with Crippen molar-refractivity contribution in [3.63, 3.8) is 0 Å². The number of nitrogens with zero attached hydrogens (tertiary/aromatic N) is 5. The number of nitrogens with one attached hydrogen (secondary N) is 2. The van der Waals surface area contributed by atoms with Crippen LogP contribution in [0.4, 0.5) is 0 Å². The van der Waals surface area contributed by atoms with Gasteiger partial charge in [-0.15, -0.1) is 11.3 Å². The van der Waals surface area contributed by atoms with Crippen LogP contribution in [-0.4, -0.2) is 61.3 Å². The van der Waals surface area contributed by atoms with E-state index < -0.39 is 0 Å². The number of pyridine rings is 3. The highest BCUT2D eigenvalue weighted by molar-refractivity contribution is 7.13. The number of hydrogen-bond donors (Lipinski definition) is 2. The molecule has 1 saturated heterocycles. The highest BCUT2D eigenvalue weighted by Crippen LogP contribution is 2.35. The lowest BCUT2D eigenvalue weighted by molar-refractivity contribution is 0.237. The van der Waals surface area contributed by atoms with Crippen molar-refractivity contribution in [2.75, 3.05) is 26.2 Å². The average Bonchev–Trinajstić information content (AvgIpc) is 3.74. The maximum absolute atomic E-state index is 6.01. The molecule has 6 aromatic heterocycles. The Morgan fingerprint density at radius 1 is 0.946 bits per heavy atom. The molecule has 37 heavy (non-hydrogen) atoms. The van der Waals surface area contributed by atoms with Crippen LogP contribution in [-0.2, 0) is 0 Å². The topological polar surface area (TPSA) is 95.6 Å². The van der Waals surface area contributed by atoms with Crippen LogP contribution in [0.1, 0.15) is 12.8 Å². The smallest absolute Gasteiger partial charge is 0.138 e. The fourth-order valence-electron chi connectivity index (χ4n) is 5.01. The van der Waals surface area contributed by atoms with Gasteiger partial charge in [0, 0.05) is 40.8 Å². The van der Waals surface area contributed by atoms with Crippen LogP contribution < -0.4 is 4.74 Å². The maximum Gasteiger partial charge on any atom is 0.138 e. The third-order valence-corrected chi connectivity index (χ3v) is 7.77. The number of thiophene rings is 1. The Morgan fingerprint density at radius 3 is 2.76 bits per heavy atom. The Bertz CT molecular complexity index is 1680. The van der Waals surface area contributed by atoms with Gasteiger partial charge >= 0.3 is 0 Å².